The molecule has 1 saturated carbocycles. The van der Waals surface area contributed by atoms with Crippen LogP contribution in [-0.4, -0.2) is 25.3 Å². The summed E-state index contributed by atoms with van der Waals surface area (Å²) in [7, 11) is 0. The standard InChI is InChI=1S/C15H28N2O/c1-3-17-15(2,13-16)10-6-7-11-18-12-14-8-4-5-9-14/h14,17H,3-12H2,1-2H3. The Morgan fingerprint density at radius 1 is 1.33 bits per heavy atom. The molecular formula is C15H28N2O. The van der Waals surface area contributed by atoms with Crippen molar-refractivity contribution in [3.05, 3.63) is 0 Å². The van der Waals surface area contributed by atoms with Gasteiger partial charge in [0.25, 0.3) is 0 Å². The topological polar surface area (TPSA) is 45.0 Å². The lowest BCUT2D eigenvalue weighted by molar-refractivity contribution is 0.0971. The van der Waals surface area contributed by atoms with Crippen LogP contribution in [0.5, 0.6) is 0 Å². The molecule has 0 bridgehead atoms. The van der Waals surface area contributed by atoms with Crippen LogP contribution in [0.15, 0.2) is 0 Å². The first-order valence-corrected chi connectivity index (χ1v) is 7.44. The minimum absolute atomic E-state index is 0.361. The molecule has 0 saturated heterocycles. The molecule has 104 valence electrons. The van der Waals surface area contributed by atoms with E-state index in [1.165, 1.54) is 25.7 Å². The summed E-state index contributed by atoms with van der Waals surface area (Å²) < 4.78 is 5.72. The SMILES string of the molecule is CCNC(C)(C#N)CCCCOCC1CCCC1. The fourth-order valence-electron chi connectivity index (χ4n) is 2.68. The number of ether oxygens (including phenoxy) is 1. The highest BCUT2D eigenvalue weighted by Crippen LogP contribution is 2.24. The Morgan fingerprint density at radius 3 is 2.67 bits per heavy atom. The number of nitrogens with one attached hydrogen (secondary N) is 1. The molecule has 0 amide bonds. The second-order valence-corrected chi connectivity index (χ2v) is 5.66. The first-order valence-electron chi connectivity index (χ1n) is 7.44. The summed E-state index contributed by atoms with van der Waals surface area (Å²) >= 11 is 0. The summed E-state index contributed by atoms with van der Waals surface area (Å²) in [6.07, 6.45) is 8.51. The lowest BCUT2D eigenvalue weighted by Crippen LogP contribution is -2.40. The van der Waals surface area contributed by atoms with Crippen molar-refractivity contribution in [1.82, 2.24) is 5.32 Å². The Labute approximate surface area is 112 Å². The molecule has 3 heteroatoms. The average Bonchev–Trinajstić information content (AvgIpc) is 2.87. The van der Waals surface area contributed by atoms with Crippen molar-refractivity contribution < 1.29 is 4.74 Å². The van der Waals surface area contributed by atoms with E-state index in [1.807, 2.05) is 13.8 Å². The average molecular weight is 252 g/mol. The lowest BCUT2D eigenvalue weighted by Gasteiger charge is -2.22. The van der Waals surface area contributed by atoms with Gasteiger partial charge < -0.3 is 4.74 Å². The van der Waals surface area contributed by atoms with E-state index in [4.69, 9.17) is 10.00 Å². The van der Waals surface area contributed by atoms with E-state index in [9.17, 15) is 0 Å². The molecular weight excluding hydrogens is 224 g/mol. The number of rotatable bonds is 9. The van der Waals surface area contributed by atoms with Crippen LogP contribution in [0.2, 0.25) is 0 Å². The second kappa shape index (κ2) is 8.50. The van der Waals surface area contributed by atoms with Gasteiger partial charge in [0.2, 0.25) is 0 Å². The molecule has 1 atom stereocenters. The van der Waals surface area contributed by atoms with E-state index in [-0.39, 0.29) is 5.54 Å². The summed E-state index contributed by atoms with van der Waals surface area (Å²) in [5.41, 5.74) is -0.361. The van der Waals surface area contributed by atoms with Crippen LogP contribution in [0.1, 0.15) is 58.8 Å². The van der Waals surface area contributed by atoms with Gasteiger partial charge in [0.1, 0.15) is 5.54 Å². The molecule has 0 aromatic rings. The smallest absolute Gasteiger partial charge is 0.103 e. The fourth-order valence-corrected chi connectivity index (χ4v) is 2.68. The van der Waals surface area contributed by atoms with Crippen molar-refractivity contribution in [2.24, 2.45) is 5.92 Å². The third kappa shape index (κ3) is 5.84. The van der Waals surface area contributed by atoms with Crippen LogP contribution >= 0.6 is 0 Å². The van der Waals surface area contributed by atoms with Crippen molar-refractivity contribution >= 4 is 0 Å². The largest absolute Gasteiger partial charge is 0.381 e. The maximum absolute atomic E-state index is 9.12. The molecule has 18 heavy (non-hydrogen) atoms. The van der Waals surface area contributed by atoms with Gasteiger partial charge in [0.15, 0.2) is 0 Å². The summed E-state index contributed by atoms with van der Waals surface area (Å²) in [5.74, 6) is 0.816. The molecule has 1 unspecified atom stereocenters. The van der Waals surface area contributed by atoms with Gasteiger partial charge in [0, 0.05) is 13.2 Å². The molecule has 0 heterocycles. The molecule has 3 nitrogen and oxygen atoms in total. The summed E-state index contributed by atoms with van der Waals surface area (Å²) in [6, 6.07) is 2.36. The highest BCUT2D eigenvalue weighted by atomic mass is 16.5. The first-order chi connectivity index (χ1) is 8.70. The predicted octanol–water partition coefficient (Wildman–Crippen LogP) is 3.26. The summed E-state index contributed by atoms with van der Waals surface area (Å²) in [4.78, 5) is 0. The molecule has 0 aliphatic heterocycles. The van der Waals surface area contributed by atoms with Crippen LogP contribution in [0.3, 0.4) is 0 Å². The molecule has 1 fully saturated rings. The van der Waals surface area contributed by atoms with Gasteiger partial charge in [-0.25, -0.2) is 0 Å². The molecule has 1 rings (SSSR count). The van der Waals surface area contributed by atoms with Crippen molar-refractivity contribution in [3.8, 4) is 6.07 Å². The molecule has 0 aromatic heterocycles. The van der Waals surface area contributed by atoms with E-state index in [2.05, 4.69) is 11.4 Å². The third-order valence-corrected chi connectivity index (χ3v) is 3.86. The normalized spacial score (nSPS) is 19.6. The lowest BCUT2D eigenvalue weighted by atomic mass is 9.97. The first kappa shape index (κ1) is 15.5. The number of unbranched alkanes of at least 4 members (excludes halogenated alkanes) is 1. The van der Waals surface area contributed by atoms with Crippen LogP contribution in [0.25, 0.3) is 0 Å². The van der Waals surface area contributed by atoms with E-state index >= 15 is 0 Å². The van der Waals surface area contributed by atoms with Crippen molar-refractivity contribution in [2.75, 3.05) is 19.8 Å². The zero-order chi connectivity index (χ0) is 13.3. The van der Waals surface area contributed by atoms with Gasteiger partial charge in [-0.05, 0) is 51.5 Å². The molecule has 1 aliphatic carbocycles. The van der Waals surface area contributed by atoms with Gasteiger partial charge in [-0.1, -0.05) is 19.8 Å². The van der Waals surface area contributed by atoms with Crippen LogP contribution in [0, 0.1) is 17.2 Å². The number of hydrogen-bond acceptors (Lipinski definition) is 3. The van der Waals surface area contributed by atoms with Gasteiger partial charge >= 0.3 is 0 Å². The molecule has 0 radical (unpaired) electrons. The molecule has 0 aromatic carbocycles. The quantitative estimate of drug-likeness (QED) is 0.641. The summed E-state index contributed by atoms with van der Waals surface area (Å²) in [6.45, 7) is 6.67. The molecule has 1 N–H and O–H groups in total. The van der Waals surface area contributed by atoms with E-state index < -0.39 is 0 Å². The Bertz CT molecular complexity index is 256. The maximum Gasteiger partial charge on any atom is 0.103 e. The number of nitrogens with zero attached hydrogens (tertiary/aromatic N) is 1. The van der Waals surface area contributed by atoms with Gasteiger partial charge in [-0.3, -0.25) is 5.32 Å². The minimum atomic E-state index is -0.361. The highest BCUT2D eigenvalue weighted by Gasteiger charge is 2.21. The second-order valence-electron chi connectivity index (χ2n) is 5.66. The van der Waals surface area contributed by atoms with Crippen molar-refractivity contribution in [3.63, 3.8) is 0 Å². The van der Waals surface area contributed by atoms with Crippen LogP contribution in [0.4, 0.5) is 0 Å². The zero-order valence-electron chi connectivity index (χ0n) is 12.0. The molecule has 1 aliphatic rings. The van der Waals surface area contributed by atoms with Crippen LogP contribution in [-0.2, 0) is 4.74 Å². The van der Waals surface area contributed by atoms with E-state index in [1.54, 1.807) is 0 Å². The highest BCUT2D eigenvalue weighted by molar-refractivity contribution is 5.03. The Balaban J connectivity index is 1.98. The Kier molecular flexibility index (Phi) is 7.31. The third-order valence-electron chi connectivity index (χ3n) is 3.86. The van der Waals surface area contributed by atoms with Crippen LogP contribution < -0.4 is 5.32 Å². The Morgan fingerprint density at radius 2 is 2.06 bits per heavy atom. The fraction of sp³-hybridized carbons (Fsp3) is 0.933. The van der Waals surface area contributed by atoms with Gasteiger partial charge in [0.05, 0.1) is 6.07 Å². The summed E-state index contributed by atoms with van der Waals surface area (Å²) in [5, 5.41) is 12.4. The zero-order valence-corrected chi connectivity index (χ0v) is 12.0. The predicted molar refractivity (Wildman–Crippen MR) is 74.3 cm³/mol. The minimum Gasteiger partial charge on any atom is -0.381 e. The maximum atomic E-state index is 9.12. The number of nitriles is 1. The van der Waals surface area contributed by atoms with E-state index in [0.717, 1.165) is 44.9 Å². The monoisotopic (exact) mass is 252 g/mol. The van der Waals surface area contributed by atoms with Gasteiger partial charge in [-0.2, -0.15) is 5.26 Å². The molecule has 0 spiro atoms. The number of hydrogen-bond donors (Lipinski definition) is 1. The van der Waals surface area contributed by atoms with Gasteiger partial charge in [-0.15, -0.1) is 0 Å². The Hall–Kier alpha value is -0.590. The van der Waals surface area contributed by atoms with E-state index in [0.29, 0.717) is 0 Å². The van der Waals surface area contributed by atoms with Crippen molar-refractivity contribution in [2.45, 2.75) is 64.3 Å². The van der Waals surface area contributed by atoms with Crippen molar-refractivity contribution in [1.29, 1.82) is 5.26 Å².